The van der Waals surface area contributed by atoms with Gasteiger partial charge in [0.05, 0.1) is 0 Å². The average molecular weight is 354 g/mol. The van der Waals surface area contributed by atoms with Crippen LogP contribution in [0, 0.1) is 0 Å². The number of hydrogen-bond donors (Lipinski definition) is 4. The van der Waals surface area contributed by atoms with Crippen LogP contribution in [0.5, 0.6) is 0 Å². The Labute approximate surface area is 151 Å². The molecule has 0 aliphatic carbocycles. The third-order valence-electron chi connectivity index (χ3n) is 3.82. The van der Waals surface area contributed by atoms with Gasteiger partial charge in [0.2, 0.25) is 0 Å². The Kier molecular flexibility index (Phi) is 14.0. The van der Waals surface area contributed by atoms with Gasteiger partial charge in [-0.3, -0.25) is 4.79 Å². The van der Waals surface area contributed by atoms with E-state index >= 15 is 0 Å². The summed E-state index contributed by atoms with van der Waals surface area (Å²) in [4.78, 5) is 10.4. The van der Waals surface area contributed by atoms with Gasteiger partial charge in [-0.25, -0.2) is 0 Å². The molecule has 0 rings (SSSR count). The molecule has 25 heavy (non-hydrogen) atoms. The van der Waals surface area contributed by atoms with Crippen LogP contribution in [0.25, 0.3) is 0 Å². The Morgan fingerprint density at radius 3 is 2.28 bits per heavy atom. The Morgan fingerprint density at radius 2 is 1.60 bits per heavy atom. The zero-order valence-corrected chi connectivity index (χ0v) is 15.3. The van der Waals surface area contributed by atoms with Crippen LogP contribution >= 0.6 is 0 Å². The maximum atomic E-state index is 10.4. The van der Waals surface area contributed by atoms with E-state index in [4.69, 9.17) is 5.11 Å². The topological polar surface area (TPSA) is 98.0 Å². The summed E-state index contributed by atoms with van der Waals surface area (Å²) in [5.41, 5.74) is 0. The molecule has 1 atom stereocenters. The van der Waals surface area contributed by atoms with Crippen LogP contribution in [-0.2, 0) is 4.79 Å². The van der Waals surface area contributed by atoms with Gasteiger partial charge in [-0.15, -0.1) is 0 Å². The smallest absolute Gasteiger partial charge is 0.303 e. The molecule has 0 heterocycles. The highest BCUT2D eigenvalue weighted by Crippen LogP contribution is 2.16. The lowest BCUT2D eigenvalue weighted by molar-refractivity contribution is -0.220. The summed E-state index contributed by atoms with van der Waals surface area (Å²) in [7, 11) is 0. The minimum Gasteiger partial charge on any atom is -0.481 e. The summed E-state index contributed by atoms with van der Waals surface area (Å²) in [5.74, 6) is -2.99. The number of rotatable bonds is 15. The Bertz CT molecular complexity index is 424. The molecule has 5 nitrogen and oxygen atoms in total. The van der Waals surface area contributed by atoms with Crippen molar-refractivity contribution in [2.45, 2.75) is 83.0 Å². The average Bonchev–Trinajstić information content (AvgIpc) is 2.56. The number of carbonyl (C=O) groups is 1. The van der Waals surface area contributed by atoms with Gasteiger partial charge in [-0.2, -0.15) is 0 Å². The number of carboxylic acids is 1. The second-order valence-electron chi connectivity index (χ2n) is 6.27. The molecule has 0 bridgehead atoms. The van der Waals surface area contributed by atoms with Crippen LogP contribution in [0.4, 0.5) is 0 Å². The van der Waals surface area contributed by atoms with Crippen molar-refractivity contribution >= 4 is 5.97 Å². The molecule has 0 saturated heterocycles. The van der Waals surface area contributed by atoms with Crippen molar-refractivity contribution in [3.05, 3.63) is 36.5 Å². The Morgan fingerprint density at radius 1 is 0.960 bits per heavy atom. The van der Waals surface area contributed by atoms with E-state index < -0.39 is 17.9 Å². The molecule has 0 aromatic carbocycles. The maximum absolute atomic E-state index is 10.4. The minimum atomic E-state index is -2.16. The summed E-state index contributed by atoms with van der Waals surface area (Å²) < 4.78 is 0. The van der Waals surface area contributed by atoms with Gasteiger partial charge in [0.1, 0.15) is 6.10 Å². The van der Waals surface area contributed by atoms with E-state index in [9.17, 15) is 20.1 Å². The van der Waals surface area contributed by atoms with Crippen LogP contribution in [0.2, 0.25) is 0 Å². The SMILES string of the molecule is CCCCCC=CCC=CCC(O)(O)C(O)CC=CCCCC(=O)O. The monoisotopic (exact) mass is 354 g/mol. The quantitative estimate of drug-likeness (QED) is 0.204. The number of aliphatic hydroxyl groups is 3. The van der Waals surface area contributed by atoms with E-state index in [1.807, 2.05) is 6.08 Å². The lowest BCUT2D eigenvalue weighted by atomic mass is 10.0. The van der Waals surface area contributed by atoms with Gasteiger partial charge in [-0.05, 0) is 38.5 Å². The number of aliphatic hydroxyl groups excluding tert-OH is 1. The first kappa shape index (κ1) is 23.6. The van der Waals surface area contributed by atoms with E-state index in [0.717, 1.165) is 12.8 Å². The lowest BCUT2D eigenvalue weighted by Crippen LogP contribution is -2.41. The van der Waals surface area contributed by atoms with Crippen molar-refractivity contribution in [3.63, 3.8) is 0 Å². The molecule has 0 spiro atoms. The number of carboxylic acid groups (broad SMARTS) is 1. The molecule has 1 unspecified atom stereocenters. The number of allylic oxidation sites excluding steroid dienone is 4. The first-order valence-electron chi connectivity index (χ1n) is 9.19. The van der Waals surface area contributed by atoms with Crippen LogP contribution in [-0.4, -0.2) is 38.3 Å². The van der Waals surface area contributed by atoms with Crippen LogP contribution in [0.1, 0.15) is 71.1 Å². The molecule has 5 heteroatoms. The summed E-state index contributed by atoms with van der Waals surface area (Å²) in [6.45, 7) is 2.17. The van der Waals surface area contributed by atoms with E-state index in [2.05, 4.69) is 19.1 Å². The molecule has 0 aromatic rings. The van der Waals surface area contributed by atoms with Gasteiger partial charge >= 0.3 is 5.97 Å². The van der Waals surface area contributed by atoms with Crippen molar-refractivity contribution in [2.75, 3.05) is 0 Å². The Balaban J connectivity index is 3.94. The van der Waals surface area contributed by atoms with Gasteiger partial charge in [0.15, 0.2) is 5.79 Å². The van der Waals surface area contributed by atoms with Crippen molar-refractivity contribution in [1.29, 1.82) is 0 Å². The summed E-state index contributed by atoms with van der Waals surface area (Å²) in [6, 6.07) is 0. The molecular formula is C20H34O5. The van der Waals surface area contributed by atoms with Gasteiger partial charge in [-0.1, -0.05) is 56.2 Å². The second kappa shape index (κ2) is 14.9. The molecule has 0 fully saturated rings. The zero-order chi connectivity index (χ0) is 19.0. The fourth-order valence-electron chi connectivity index (χ4n) is 2.20. The molecular weight excluding hydrogens is 320 g/mol. The summed E-state index contributed by atoms with van der Waals surface area (Å²) in [5, 5.41) is 38.1. The molecule has 0 amide bonds. The van der Waals surface area contributed by atoms with Gasteiger partial charge in [0, 0.05) is 12.8 Å². The first-order valence-corrected chi connectivity index (χ1v) is 9.19. The summed E-state index contributed by atoms with van der Waals surface area (Å²) >= 11 is 0. The fourth-order valence-corrected chi connectivity index (χ4v) is 2.20. The fraction of sp³-hybridized carbons (Fsp3) is 0.650. The van der Waals surface area contributed by atoms with Crippen molar-refractivity contribution in [3.8, 4) is 0 Å². The molecule has 0 radical (unpaired) electrons. The molecule has 4 N–H and O–H groups in total. The van der Waals surface area contributed by atoms with E-state index in [1.54, 1.807) is 18.2 Å². The number of hydrogen-bond acceptors (Lipinski definition) is 4. The Hall–Kier alpha value is -1.43. The minimum absolute atomic E-state index is 0.0370. The molecule has 0 saturated carbocycles. The predicted octanol–water partition coefficient (Wildman–Crippen LogP) is 3.70. The lowest BCUT2D eigenvalue weighted by Gasteiger charge is -2.25. The maximum Gasteiger partial charge on any atom is 0.303 e. The van der Waals surface area contributed by atoms with Crippen molar-refractivity contribution < 1.29 is 25.2 Å². The van der Waals surface area contributed by atoms with Crippen LogP contribution < -0.4 is 0 Å². The highest BCUT2D eigenvalue weighted by Gasteiger charge is 2.30. The van der Waals surface area contributed by atoms with Crippen LogP contribution in [0.3, 0.4) is 0 Å². The number of unbranched alkanes of at least 4 members (excludes halogenated alkanes) is 4. The zero-order valence-electron chi connectivity index (χ0n) is 15.3. The third kappa shape index (κ3) is 14.6. The molecule has 144 valence electrons. The summed E-state index contributed by atoms with van der Waals surface area (Å²) in [6.07, 6.45) is 16.6. The normalized spacial score (nSPS) is 14.1. The van der Waals surface area contributed by atoms with E-state index in [0.29, 0.717) is 12.8 Å². The molecule has 0 aliphatic heterocycles. The van der Waals surface area contributed by atoms with E-state index in [-0.39, 0.29) is 19.3 Å². The third-order valence-corrected chi connectivity index (χ3v) is 3.82. The van der Waals surface area contributed by atoms with E-state index in [1.165, 1.54) is 19.3 Å². The van der Waals surface area contributed by atoms with Gasteiger partial charge in [0.25, 0.3) is 0 Å². The highest BCUT2D eigenvalue weighted by molar-refractivity contribution is 5.66. The first-order chi connectivity index (χ1) is 11.9. The molecule has 0 aromatic heterocycles. The van der Waals surface area contributed by atoms with Gasteiger partial charge < -0.3 is 20.4 Å². The van der Waals surface area contributed by atoms with Crippen LogP contribution in [0.15, 0.2) is 36.5 Å². The second-order valence-corrected chi connectivity index (χ2v) is 6.27. The standard InChI is InChI=1S/C20H34O5/c1-2-3-4-5-6-7-8-11-14-17-20(24,25)18(21)15-12-9-10-13-16-19(22)23/h6-7,9,11-12,14,18,21,24-25H,2-5,8,10,13,15-17H2,1H3,(H,22,23). The predicted molar refractivity (Wildman–Crippen MR) is 100 cm³/mol. The number of aliphatic carboxylic acids is 1. The highest BCUT2D eigenvalue weighted by atomic mass is 16.5. The molecule has 0 aliphatic rings. The van der Waals surface area contributed by atoms with Crippen molar-refractivity contribution in [1.82, 2.24) is 0 Å². The van der Waals surface area contributed by atoms with Crippen molar-refractivity contribution in [2.24, 2.45) is 0 Å². The largest absolute Gasteiger partial charge is 0.481 e.